The predicted molar refractivity (Wildman–Crippen MR) is 81.6 cm³/mol. The molecule has 0 amide bonds. The Hall–Kier alpha value is -0.790. The molecular weight excluding hydrogens is 402 g/mol. The molecule has 1 unspecified atom stereocenters. The average molecular weight is 412 g/mol. The van der Waals surface area contributed by atoms with Crippen LogP contribution in [0.3, 0.4) is 0 Å². The fourth-order valence-electron chi connectivity index (χ4n) is 1.95. The lowest BCUT2D eigenvalue weighted by Crippen LogP contribution is -2.19. The number of alkyl halides is 3. The number of nitrogens with two attached hydrogens (primary N) is 1. The van der Waals surface area contributed by atoms with Gasteiger partial charge < -0.3 is 5.73 Å². The Morgan fingerprint density at radius 3 is 2.35 bits per heavy atom. The van der Waals surface area contributed by atoms with E-state index in [9.17, 15) is 13.2 Å². The standard InChI is InChI=1S/C14H10ClF3IN/c15-8-5-6-12(19)10(7-8)13(20)9-3-1-2-4-11(9)14(16,17)18/h1-7,13H,20H2. The fraction of sp³-hybridized carbons (Fsp3) is 0.143. The molecule has 0 aliphatic heterocycles. The molecule has 0 aliphatic rings. The van der Waals surface area contributed by atoms with Gasteiger partial charge in [-0.25, -0.2) is 0 Å². The van der Waals surface area contributed by atoms with E-state index in [-0.39, 0.29) is 5.56 Å². The van der Waals surface area contributed by atoms with Gasteiger partial charge in [0.05, 0.1) is 11.6 Å². The average Bonchev–Trinajstić information content (AvgIpc) is 2.40. The van der Waals surface area contributed by atoms with Crippen molar-refractivity contribution in [2.24, 2.45) is 5.73 Å². The second-order valence-electron chi connectivity index (χ2n) is 4.23. The third-order valence-corrected chi connectivity index (χ3v) is 4.11. The van der Waals surface area contributed by atoms with Crippen LogP contribution < -0.4 is 5.73 Å². The monoisotopic (exact) mass is 411 g/mol. The third-order valence-electron chi connectivity index (χ3n) is 2.89. The molecule has 0 spiro atoms. The van der Waals surface area contributed by atoms with Crippen molar-refractivity contribution in [1.82, 2.24) is 0 Å². The molecule has 2 N–H and O–H groups in total. The van der Waals surface area contributed by atoms with Gasteiger partial charge in [0.15, 0.2) is 0 Å². The van der Waals surface area contributed by atoms with Gasteiger partial charge in [0.25, 0.3) is 0 Å². The van der Waals surface area contributed by atoms with E-state index in [0.29, 0.717) is 10.6 Å². The van der Waals surface area contributed by atoms with Crippen molar-refractivity contribution in [3.05, 3.63) is 67.7 Å². The highest BCUT2D eigenvalue weighted by Gasteiger charge is 2.34. The summed E-state index contributed by atoms with van der Waals surface area (Å²) >= 11 is 7.93. The SMILES string of the molecule is NC(c1cc(Cl)ccc1I)c1ccccc1C(F)(F)F. The van der Waals surface area contributed by atoms with Crippen LogP contribution in [0.25, 0.3) is 0 Å². The number of hydrogen-bond donors (Lipinski definition) is 1. The zero-order valence-electron chi connectivity index (χ0n) is 10.1. The summed E-state index contributed by atoms with van der Waals surface area (Å²) in [7, 11) is 0. The normalized spacial score (nSPS) is 13.3. The Morgan fingerprint density at radius 1 is 1.05 bits per heavy atom. The zero-order chi connectivity index (χ0) is 14.9. The van der Waals surface area contributed by atoms with Gasteiger partial charge in [0.2, 0.25) is 0 Å². The van der Waals surface area contributed by atoms with E-state index in [1.165, 1.54) is 12.1 Å². The minimum atomic E-state index is -4.43. The van der Waals surface area contributed by atoms with Crippen LogP contribution in [-0.4, -0.2) is 0 Å². The first-order valence-electron chi connectivity index (χ1n) is 5.67. The van der Waals surface area contributed by atoms with E-state index >= 15 is 0 Å². The fourth-order valence-corrected chi connectivity index (χ4v) is 2.80. The quantitative estimate of drug-likeness (QED) is 0.691. The highest BCUT2D eigenvalue weighted by atomic mass is 127. The third kappa shape index (κ3) is 3.27. The van der Waals surface area contributed by atoms with Gasteiger partial charge in [-0.05, 0) is 58.0 Å². The number of benzene rings is 2. The molecule has 0 radical (unpaired) electrons. The molecule has 0 saturated carbocycles. The Labute approximate surface area is 133 Å². The topological polar surface area (TPSA) is 26.0 Å². The first-order chi connectivity index (χ1) is 9.30. The molecule has 2 aromatic rings. The van der Waals surface area contributed by atoms with Gasteiger partial charge >= 0.3 is 6.18 Å². The van der Waals surface area contributed by atoms with Crippen LogP contribution >= 0.6 is 34.2 Å². The van der Waals surface area contributed by atoms with Gasteiger partial charge in [-0.1, -0.05) is 29.8 Å². The van der Waals surface area contributed by atoms with Crippen LogP contribution in [0.4, 0.5) is 13.2 Å². The molecule has 106 valence electrons. The summed E-state index contributed by atoms with van der Waals surface area (Å²) in [5.74, 6) is 0. The van der Waals surface area contributed by atoms with Crippen molar-refractivity contribution < 1.29 is 13.2 Å². The van der Waals surface area contributed by atoms with Crippen LogP contribution in [-0.2, 0) is 6.18 Å². The molecule has 0 fully saturated rings. The summed E-state index contributed by atoms with van der Waals surface area (Å²) in [6.07, 6.45) is -4.43. The van der Waals surface area contributed by atoms with E-state index in [4.69, 9.17) is 17.3 Å². The lowest BCUT2D eigenvalue weighted by Gasteiger charge is -2.19. The summed E-state index contributed by atoms with van der Waals surface area (Å²) in [5.41, 5.74) is 5.92. The molecule has 1 atom stereocenters. The first kappa shape index (κ1) is 15.6. The van der Waals surface area contributed by atoms with Crippen molar-refractivity contribution in [3.63, 3.8) is 0 Å². The summed E-state index contributed by atoms with van der Waals surface area (Å²) < 4.78 is 39.8. The second-order valence-corrected chi connectivity index (χ2v) is 5.83. The van der Waals surface area contributed by atoms with Crippen LogP contribution in [0, 0.1) is 3.57 Å². The second kappa shape index (κ2) is 5.91. The first-order valence-corrected chi connectivity index (χ1v) is 7.13. The Morgan fingerprint density at radius 2 is 1.70 bits per heavy atom. The van der Waals surface area contributed by atoms with Crippen molar-refractivity contribution in [3.8, 4) is 0 Å². The van der Waals surface area contributed by atoms with Crippen molar-refractivity contribution in [2.75, 3.05) is 0 Å². The molecule has 0 aromatic heterocycles. The lowest BCUT2D eigenvalue weighted by molar-refractivity contribution is -0.138. The van der Waals surface area contributed by atoms with E-state index in [1.807, 2.05) is 22.6 Å². The maximum atomic E-state index is 13.0. The van der Waals surface area contributed by atoms with Gasteiger partial charge in [-0.3, -0.25) is 0 Å². The maximum absolute atomic E-state index is 13.0. The Kier molecular flexibility index (Phi) is 4.61. The molecule has 0 heterocycles. The van der Waals surface area contributed by atoms with E-state index in [1.54, 1.807) is 24.3 Å². The van der Waals surface area contributed by atoms with E-state index in [2.05, 4.69) is 0 Å². The smallest absolute Gasteiger partial charge is 0.320 e. The summed E-state index contributed by atoms with van der Waals surface area (Å²) in [4.78, 5) is 0. The van der Waals surface area contributed by atoms with Crippen molar-refractivity contribution >= 4 is 34.2 Å². The molecular formula is C14H10ClF3IN. The minimum Gasteiger partial charge on any atom is -0.320 e. The molecule has 6 heteroatoms. The summed E-state index contributed by atoms with van der Waals surface area (Å²) in [6.45, 7) is 0. The largest absolute Gasteiger partial charge is 0.416 e. The molecule has 2 rings (SSSR count). The zero-order valence-corrected chi connectivity index (χ0v) is 13.0. The van der Waals surface area contributed by atoms with Crippen molar-refractivity contribution in [2.45, 2.75) is 12.2 Å². The molecule has 0 saturated heterocycles. The minimum absolute atomic E-state index is 0.0418. The van der Waals surface area contributed by atoms with E-state index < -0.39 is 17.8 Å². The van der Waals surface area contributed by atoms with Gasteiger partial charge in [0, 0.05) is 8.59 Å². The Bertz CT molecular complexity index is 628. The molecule has 2 aromatic carbocycles. The maximum Gasteiger partial charge on any atom is 0.416 e. The molecule has 1 nitrogen and oxygen atoms in total. The van der Waals surface area contributed by atoms with Crippen LogP contribution in [0.5, 0.6) is 0 Å². The molecule has 20 heavy (non-hydrogen) atoms. The van der Waals surface area contributed by atoms with Gasteiger partial charge in [-0.15, -0.1) is 0 Å². The van der Waals surface area contributed by atoms with Gasteiger partial charge in [0.1, 0.15) is 0 Å². The Balaban J connectivity index is 2.54. The number of rotatable bonds is 2. The van der Waals surface area contributed by atoms with E-state index in [0.717, 1.165) is 9.64 Å². The number of hydrogen-bond acceptors (Lipinski definition) is 1. The summed E-state index contributed by atoms with van der Waals surface area (Å²) in [6, 6.07) is 9.45. The van der Waals surface area contributed by atoms with Crippen molar-refractivity contribution in [1.29, 1.82) is 0 Å². The lowest BCUT2D eigenvalue weighted by atomic mass is 9.95. The molecule has 0 aliphatic carbocycles. The number of halogens is 5. The van der Waals surface area contributed by atoms with Crippen LogP contribution in [0.15, 0.2) is 42.5 Å². The van der Waals surface area contributed by atoms with Gasteiger partial charge in [-0.2, -0.15) is 13.2 Å². The van der Waals surface area contributed by atoms with Crippen LogP contribution in [0.1, 0.15) is 22.7 Å². The molecule has 0 bridgehead atoms. The predicted octanol–water partition coefficient (Wildman–Crippen LogP) is 5.01. The summed E-state index contributed by atoms with van der Waals surface area (Å²) in [5, 5.41) is 0.445. The van der Waals surface area contributed by atoms with Crippen LogP contribution in [0.2, 0.25) is 5.02 Å². The highest BCUT2D eigenvalue weighted by molar-refractivity contribution is 14.1. The highest BCUT2D eigenvalue weighted by Crippen LogP contribution is 2.36.